The molecule has 7 aromatic rings. The quantitative estimate of drug-likeness (QED) is 0.178. The Labute approximate surface area is 294 Å². The number of hydrogen-bond donors (Lipinski definition) is 0. The zero-order valence-electron chi connectivity index (χ0n) is 28.3. The van der Waals surface area contributed by atoms with Gasteiger partial charge in [-0.15, -0.1) is 0 Å². The van der Waals surface area contributed by atoms with Crippen LogP contribution in [0, 0.1) is 0 Å². The Hall–Kier alpha value is -5.48. The summed E-state index contributed by atoms with van der Waals surface area (Å²) in [7, 11) is 0. The molecule has 0 N–H and O–H groups in total. The van der Waals surface area contributed by atoms with Crippen LogP contribution in [0.1, 0.15) is 36.8 Å². The van der Waals surface area contributed by atoms with Gasteiger partial charge in [-0.3, -0.25) is 0 Å². The molecule has 240 valence electrons. The van der Waals surface area contributed by atoms with Crippen LogP contribution in [0.4, 0.5) is 39.8 Å². The standard InChI is InChI=1S/C46H38BN3/c1-3-17-33(18-4-1)50(34-19-5-2-6-20-34)35-29-42-44-43(30-35)49-26-14-12-24-39-37-22-10-8-16-32(37)28-41(46(39)49)47(44)40-27-31-15-7-9-21-36(31)38-23-11-13-25-48(42)45(38)40/h1-10,15-22,27-30H,11-14,23-26H2. The highest BCUT2D eigenvalue weighted by molar-refractivity contribution is 7.00. The third-order valence-electron chi connectivity index (χ3n) is 11.9. The lowest BCUT2D eigenvalue weighted by Gasteiger charge is -2.46. The van der Waals surface area contributed by atoms with Gasteiger partial charge >= 0.3 is 0 Å². The monoisotopic (exact) mass is 643 g/mol. The van der Waals surface area contributed by atoms with Gasteiger partial charge in [0.15, 0.2) is 0 Å². The van der Waals surface area contributed by atoms with Gasteiger partial charge in [0.1, 0.15) is 0 Å². The van der Waals surface area contributed by atoms with E-state index in [4.69, 9.17) is 0 Å². The maximum absolute atomic E-state index is 2.74. The van der Waals surface area contributed by atoms with Gasteiger partial charge < -0.3 is 14.7 Å². The van der Waals surface area contributed by atoms with Crippen molar-refractivity contribution in [3.63, 3.8) is 0 Å². The summed E-state index contributed by atoms with van der Waals surface area (Å²) in [5.74, 6) is 0. The van der Waals surface area contributed by atoms with E-state index in [1.165, 1.54) is 115 Å². The molecule has 0 bridgehead atoms. The topological polar surface area (TPSA) is 9.72 Å². The number of aryl methyl sites for hydroxylation is 2. The second-order valence-corrected chi connectivity index (χ2v) is 14.6. The fourth-order valence-corrected chi connectivity index (χ4v) is 9.86. The predicted octanol–water partition coefficient (Wildman–Crippen LogP) is 9.55. The van der Waals surface area contributed by atoms with Crippen LogP contribution in [0.5, 0.6) is 0 Å². The first-order chi connectivity index (χ1) is 24.8. The zero-order chi connectivity index (χ0) is 32.8. The third-order valence-corrected chi connectivity index (χ3v) is 11.9. The number of rotatable bonds is 3. The molecule has 0 aromatic heterocycles. The molecule has 50 heavy (non-hydrogen) atoms. The summed E-state index contributed by atoms with van der Waals surface area (Å²) in [5.41, 5.74) is 16.8. The van der Waals surface area contributed by atoms with Gasteiger partial charge in [-0.05, 0) is 124 Å². The molecule has 4 heteroatoms. The van der Waals surface area contributed by atoms with Gasteiger partial charge in [0.25, 0.3) is 6.71 Å². The van der Waals surface area contributed by atoms with E-state index in [2.05, 4.69) is 148 Å². The largest absolute Gasteiger partial charge is 0.342 e. The number of nitrogens with zero attached hydrogens (tertiary/aromatic N) is 3. The van der Waals surface area contributed by atoms with Crippen LogP contribution in [-0.2, 0) is 12.8 Å². The molecule has 0 saturated heterocycles. The van der Waals surface area contributed by atoms with E-state index < -0.39 is 0 Å². The van der Waals surface area contributed by atoms with Crippen molar-refractivity contribution in [3.05, 3.63) is 145 Å². The summed E-state index contributed by atoms with van der Waals surface area (Å²) in [6.45, 7) is 2.25. The number of fused-ring (bicyclic) bond motifs is 8. The average molecular weight is 644 g/mol. The van der Waals surface area contributed by atoms with E-state index in [1.807, 2.05) is 0 Å². The van der Waals surface area contributed by atoms with Gasteiger partial charge in [-0.2, -0.15) is 0 Å². The van der Waals surface area contributed by atoms with E-state index >= 15 is 0 Å². The molecule has 4 aliphatic rings. The molecular weight excluding hydrogens is 605 g/mol. The van der Waals surface area contributed by atoms with Crippen molar-refractivity contribution in [1.29, 1.82) is 0 Å². The third kappa shape index (κ3) is 4.05. The fraction of sp³-hybridized carbons (Fsp3) is 0.174. The van der Waals surface area contributed by atoms with Crippen molar-refractivity contribution in [3.8, 4) is 0 Å². The minimum Gasteiger partial charge on any atom is -0.342 e. The molecule has 0 amide bonds. The first kappa shape index (κ1) is 28.4. The summed E-state index contributed by atoms with van der Waals surface area (Å²) in [4.78, 5) is 7.94. The maximum Gasteiger partial charge on any atom is 0.252 e. The van der Waals surface area contributed by atoms with Gasteiger partial charge in [0.05, 0.1) is 5.69 Å². The van der Waals surface area contributed by atoms with Crippen LogP contribution in [-0.4, -0.2) is 19.8 Å². The number of benzene rings is 7. The Kier molecular flexibility index (Phi) is 6.25. The van der Waals surface area contributed by atoms with E-state index in [1.54, 1.807) is 0 Å². The lowest BCUT2D eigenvalue weighted by atomic mass is 9.33. The summed E-state index contributed by atoms with van der Waals surface area (Å²) >= 11 is 0. The summed E-state index contributed by atoms with van der Waals surface area (Å²) < 4.78 is 0. The molecule has 0 saturated carbocycles. The van der Waals surface area contributed by atoms with E-state index in [0.29, 0.717) is 0 Å². The molecule has 0 radical (unpaired) electrons. The van der Waals surface area contributed by atoms with Crippen LogP contribution in [0.3, 0.4) is 0 Å². The Bertz CT molecular complexity index is 2300. The van der Waals surface area contributed by atoms with Crippen molar-refractivity contribution in [2.24, 2.45) is 0 Å². The van der Waals surface area contributed by atoms with Crippen LogP contribution in [0.15, 0.2) is 133 Å². The highest BCUT2D eigenvalue weighted by atomic mass is 15.2. The molecule has 0 atom stereocenters. The molecule has 0 unspecified atom stereocenters. The van der Waals surface area contributed by atoms with Crippen LogP contribution in [0.25, 0.3) is 21.5 Å². The molecule has 0 aliphatic carbocycles. The predicted molar refractivity (Wildman–Crippen MR) is 214 cm³/mol. The molecule has 0 spiro atoms. The van der Waals surface area contributed by atoms with Crippen molar-refractivity contribution < 1.29 is 0 Å². The molecule has 0 fully saturated rings. The lowest BCUT2D eigenvalue weighted by molar-refractivity contribution is 0.760. The summed E-state index contributed by atoms with van der Waals surface area (Å²) in [6.07, 6.45) is 7.03. The van der Waals surface area contributed by atoms with E-state index in [9.17, 15) is 0 Å². The van der Waals surface area contributed by atoms with Crippen LogP contribution < -0.4 is 31.1 Å². The Balaban J connectivity index is 1.28. The van der Waals surface area contributed by atoms with Gasteiger partial charge in [0, 0.05) is 47.2 Å². The molecule has 11 rings (SSSR count). The first-order valence-corrected chi connectivity index (χ1v) is 18.6. The van der Waals surface area contributed by atoms with Gasteiger partial charge in [-0.25, -0.2) is 0 Å². The van der Waals surface area contributed by atoms with Gasteiger partial charge in [-0.1, -0.05) is 97.1 Å². The Morgan fingerprint density at radius 3 is 1.42 bits per heavy atom. The molecule has 7 aromatic carbocycles. The molecule has 4 heterocycles. The maximum atomic E-state index is 2.74. The molecular formula is C46H38BN3. The summed E-state index contributed by atoms with van der Waals surface area (Å²) in [6, 6.07) is 50.4. The van der Waals surface area contributed by atoms with Gasteiger partial charge in [0.2, 0.25) is 0 Å². The Morgan fingerprint density at radius 2 is 0.920 bits per heavy atom. The van der Waals surface area contributed by atoms with Crippen LogP contribution in [0.2, 0.25) is 0 Å². The SMILES string of the molecule is c1ccc(N(c2ccccc2)c2cc3c4c(c2)N2CCCCc5c2c(cc2ccccc52)B4c2cc4ccccc4c4c2N3CCCC4)cc1. The first-order valence-electron chi connectivity index (χ1n) is 18.6. The van der Waals surface area contributed by atoms with Crippen molar-refractivity contribution >= 4 is 84.5 Å². The average Bonchev–Trinajstić information content (AvgIpc) is 3.54. The minimum atomic E-state index is 0.177. The molecule has 4 aliphatic heterocycles. The van der Waals surface area contributed by atoms with E-state index in [-0.39, 0.29) is 6.71 Å². The highest BCUT2D eigenvalue weighted by Crippen LogP contribution is 2.48. The normalized spacial score (nSPS) is 15.6. The van der Waals surface area contributed by atoms with Crippen LogP contribution >= 0.6 is 0 Å². The smallest absolute Gasteiger partial charge is 0.252 e. The second kappa shape index (κ2) is 11.0. The summed E-state index contributed by atoms with van der Waals surface area (Å²) in [5, 5.41) is 5.59. The zero-order valence-corrected chi connectivity index (χ0v) is 28.3. The second-order valence-electron chi connectivity index (χ2n) is 14.6. The van der Waals surface area contributed by atoms with E-state index in [0.717, 1.165) is 25.9 Å². The number of anilines is 7. The van der Waals surface area contributed by atoms with Crippen molar-refractivity contribution in [2.75, 3.05) is 27.8 Å². The fourth-order valence-electron chi connectivity index (χ4n) is 9.86. The lowest BCUT2D eigenvalue weighted by Crippen LogP contribution is -2.62. The van der Waals surface area contributed by atoms with Crippen molar-refractivity contribution in [1.82, 2.24) is 0 Å². The minimum absolute atomic E-state index is 0.177. The number of para-hydroxylation sites is 2. The van der Waals surface area contributed by atoms with Crippen molar-refractivity contribution in [2.45, 2.75) is 38.5 Å². The highest BCUT2D eigenvalue weighted by Gasteiger charge is 2.45. The Morgan fingerprint density at radius 1 is 0.460 bits per heavy atom. The number of hydrogen-bond acceptors (Lipinski definition) is 3. The molecule has 3 nitrogen and oxygen atoms in total.